The van der Waals surface area contributed by atoms with Crippen LogP contribution in [0.25, 0.3) is 0 Å². The first-order chi connectivity index (χ1) is 23.5. The van der Waals surface area contributed by atoms with Crippen molar-refractivity contribution in [1.82, 2.24) is 5.32 Å². The van der Waals surface area contributed by atoms with E-state index in [-0.39, 0.29) is 19.1 Å². The van der Waals surface area contributed by atoms with E-state index in [0.717, 1.165) is 27.8 Å². The zero-order valence-electron chi connectivity index (χ0n) is 27.1. The monoisotopic (exact) mass is 642 g/mol. The quantitative estimate of drug-likeness (QED) is 0.145. The molecule has 0 saturated carbocycles. The molecular weight excluding hydrogens is 600 g/mol. The number of hydrogen-bond acceptors (Lipinski definition) is 6. The number of nitrogens with one attached hydrogen (secondary N) is 1. The second-order valence-corrected chi connectivity index (χ2v) is 12.0. The van der Waals surface area contributed by atoms with Gasteiger partial charge < -0.3 is 30.0 Å². The number of carbonyl (C=O) groups excluding carboxylic acids is 1. The second kappa shape index (κ2) is 16.0. The van der Waals surface area contributed by atoms with Crippen LogP contribution in [0.3, 0.4) is 0 Å². The number of rotatable bonds is 13. The van der Waals surface area contributed by atoms with Crippen LogP contribution in [0.15, 0.2) is 152 Å². The molecule has 1 aliphatic rings. The Morgan fingerprint density at radius 1 is 0.667 bits per heavy atom. The maximum Gasteiger partial charge on any atom is 0.217 e. The van der Waals surface area contributed by atoms with Crippen molar-refractivity contribution in [2.24, 2.45) is 5.73 Å². The minimum absolute atomic E-state index is 0.114. The predicted octanol–water partition coefficient (Wildman–Crippen LogP) is 6.35. The molecule has 0 spiro atoms. The van der Waals surface area contributed by atoms with Crippen molar-refractivity contribution in [2.45, 2.75) is 56.3 Å². The molecule has 5 aromatic rings. The number of ether oxygens (including phenoxy) is 4. The summed E-state index contributed by atoms with van der Waals surface area (Å²) in [6.45, 7) is 2.16. The van der Waals surface area contributed by atoms with E-state index < -0.39 is 36.2 Å². The van der Waals surface area contributed by atoms with Gasteiger partial charge in [-0.1, -0.05) is 152 Å². The fourth-order valence-corrected chi connectivity index (χ4v) is 6.34. The lowest BCUT2D eigenvalue weighted by Gasteiger charge is -2.46. The van der Waals surface area contributed by atoms with E-state index in [0.29, 0.717) is 6.61 Å². The molecule has 5 aromatic carbocycles. The Morgan fingerprint density at radius 3 is 1.52 bits per heavy atom. The first kappa shape index (κ1) is 33.3. The summed E-state index contributed by atoms with van der Waals surface area (Å²) in [6.07, 6.45) is -2.15. The van der Waals surface area contributed by atoms with Gasteiger partial charge in [-0.25, -0.2) is 0 Å². The van der Waals surface area contributed by atoms with Crippen LogP contribution in [-0.4, -0.2) is 43.1 Å². The number of benzene rings is 5. The van der Waals surface area contributed by atoms with Gasteiger partial charge in [-0.2, -0.15) is 0 Å². The van der Waals surface area contributed by atoms with Crippen molar-refractivity contribution in [3.63, 3.8) is 0 Å². The fourth-order valence-electron chi connectivity index (χ4n) is 6.34. The highest BCUT2D eigenvalue weighted by molar-refractivity contribution is 5.73. The number of hydrogen-bond donors (Lipinski definition) is 2. The third kappa shape index (κ3) is 7.73. The Hall–Kier alpha value is -4.63. The van der Waals surface area contributed by atoms with Gasteiger partial charge in [0.1, 0.15) is 23.9 Å². The lowest BCUT2D eigenvalue weighted by atomic mass is 9.80. The minimum Gasteiger partial charge on any atom is -0.369 e. The van der Waals surface area contributed by atoms with Crippen molar-refractivity contribution >= 4 is 5.91 Å². The normalized spacial score (nSPS) is 21.0. The minimum atomic E-state index is -0.970. The zero-order valence-corrected chi connectivity index (χ0v) is 27.1. The van der Waals surface area contributed by atoms with Crippen LogP contribution in [-0.2, 0) is 42.6 Å². The molecule has 7 nitrogen and oxygen atoms in total. The largest absolute Gasteiger partial charge is 0.369 e. The summed E-state index contributed by atoms with van der Waals surface area (Å²) in [4.78, 5) is 12.5. The van der Waals surface area contributed by atoms with Crippen LogP contribution in [0.2, 0.25) is 0 Å². The van der Waals surface area contributed by atoms with Gasteiger partial charge in [-0.15, -0.1) is 0 Å². The fraction of sp³-hybridized carbons (Fsp3) is 0.244. The van der Waals surface area contributed by atoms with E-state index in [1.807, 2.05) is 115 Å². The zero-order chi connectivity index (χ0) is 33.2. The first-order valence-electron chi connectivity index (χ1n) is 16.3. The summed E-state index contributed by atoms with van der Waals surface area (Å²) in [6, 6.07) is 48.9. The van der Waals surface area contributed by atoms with Crippen molar-refractivity contribution < 1.29 is 23.7 Å². The van der Waals surface area contributed by atoms with E-state index in [1.165, 1.54) is 6.92 Å². The third-order valence-electron chi connectivity index (χ3n) is 8.68. The summed E-state index contributed by atoms with van der Waals surface area (Å²) >= 11 is 0. The van der Waals surface area contributed by atoms with Gasteiger partial charge in [0, 0.05) is 6.92 Å². The Morgan fingerprint density at radius 2 is 1.08 bits per heavy atom. The molecule has 1 aliphatic heterocycles. The third-order valence-corrected chi connectivity index (χ3v) is 8.68. The Balaban J connectivity index is 1.35. The second-order valence-electron chi connectivity index (χ2n) is 12.0. The summed E-state index contributed by atoms with van der Waals surface area (Å²) < 4.78 is 26.7. The average molecular weight is 643 g/mol. The van der Waals surface area contributed by atoms with Gasteiger partial charge in [0.15, 0.2) is 6.29 Å². The molecule has 5 atom stereocenters. The molecule has 1 amide bonds. The number of nitrogens with two attached hydrogens (primary N) is 1. The molecule has 0 aliphatic carbocycles. The summed E-state index contributed by atoms with van der Waals surface area (Å²) in [5.41, 5.74) is 10.9. The van der Waals surface area contributed by atoms with Crippen molar-refractivity contribution in [3.05, 3.63) is 179 Å². The van der Waals surface area contributed by atoms with Crippen LogP contribution >= 0.6 is 0 Å². The number of carbonyl (C=O) groups is 1. The van der Waals surface area contributed by atoms with E-state index in [4.69, 9.17) is 24.7 Å². The molecule has 1 saturated heterocycles. The molecule has 7 heteroatoms. The average Bonchev–Trinajstić information content (AvgIpc) is 3.14. The molecule has 3 N–H and O–H groups in total. The molecule has 246 valence electrons. The maximum absolute atomic E-state index is 12.5. The molecule has 1 fully saturated rings. The maximum atomic E-state index is 12.5. The summed E-state index contributed by atoms with van der Waals surface area (Å²) in [7, 11) is 0. The molecule has 0 bridgehead atoms. The van der Waals surface area contributed by atoms with Crippen LogP contribution in [0.1, 0.15) is 34.7 Å². The van der Waals surface area contributed by atoms with Crippen LogP contribution in [0, 0.1) is 0 Å². The predicted molar refractivity (Wildman–Crippen MR) is 186 cm³/mol. The van der Waals surface area contributed by atoms with Crippen LogP contribution in [0.4, 0.5) is 0 Å². The standard InChI is InChI=1S/C41H42N2O5/c1-30(44)43-38-39(45-27-31-17-7-2-8-18-31)37(42)36(48-40(38)46-28-32-19-9-3-10-20-32)29-47-41(33-21-11-4-12-22-33,34-23-13-5-14-24-34)35-25-15-6-16-26-35/h2-26,36-40H,27-29,42H2,1H3,(H,43,44). The van der Waals surface area contributed by atoms with Gasteiger partial charge in [-0.3, -0.25) is 4.79 Å². The molecule has 0 aromatic heterocycles. The lowest BCUT2D eigenvalue weighted by molar-refractivity contribution is -0.260. The Kier molecular flexibility index (Phi) is 11.1. The highest BCUT2D eigenvalue weighted by Gasteiger charge is 2.48. The molecule has 48 heavy (non-hydrogen) atoms. The number of amides is 1. The molecule has 0 radical (unpaired) electrons. The van der Waals surface area contributed by atoms with E-state index >= 15 is 0 Å². The Bertz CT molecular complexity index is 1590. The van der Waals surface area contributed by atoms with Crippen molar-refractivity contribution in [1.29, 1.82) is 0 Å². The van der Waals surface area contributed by atoms with E-state index in [9.17, 15) is 4.79 Å². The van der Waals surface area contributed by atoms with Gasteiger partial charge >= 0.3 is 0 Å². The lowest BCUT2D eigenvalue weighted by Crippen LogP contribution is -2.68. The van der Waals surface area contributed by atoms with E-state index in [2.05, 4.69) is 41.7 Å². The molecule has 5 unspecified atom stereocenters. The highest BCUT2D eigenvalue weighted by Crippen LogP contribution is 2.41. The summed E-state index contributed by atoms with van der Waals surface area (Å²) in [5, 5.41) is 3.02. The Labute approximate surface area is 282 Å². The first-order valence-corrected chi connectivity index (χ1v) is 16.3. The van der Waals surface area contributed by atoms with Crippen LogP contribution < -0.4 is 11.1 Å². The SMILES string of the molecule is CC(=O)NC1C(OCc2ccccc2)OC(COC(c2ccccc2)(c2ccccc2)c2ccccc2)C(N)C1OCc1ccccc1. The summed E-state index contributed by atoms with van der Waals surface area (Å²) in [5.74, 6) is -0.233. The highest BCUT2D eigenvalue weighted by atomic mass is 16.7. The van der Waals surface area contributed by atoms with E-state index in [1.54, 1.807) is 0 Å². The van der Waals surface area contributed by atoms with Gasteiger partial charge in [-0.05, 0) is 27.8 Å². The van der Waals surface area contributed by atoms with Crippen molar-refractivity contribution in [3.8, 4) is 0 Å². The molecule has 6 rings (SSSR count). The van der Waals surface area contributed by atoms with Crippen molar-refractivity contribution in [2.75, 3.05) is 6.61 Å². The smallest absolute Gasteiger partial charge is 0.217 e. The van der Waals surface area contributed by atoms with Gasteiger partial charge in [0.25, 0.3) is 0 Å². The molecule has 1 heterocycles. The topological polar surface area (TPSA) is 92.0 Å². The van der Waals surface area contributed by atoms with Crippen LogP contribution in [0.5, 0.6) is 0 Å². The molecular formula is C41H42N2O5. The van der Waals surface area contributed by atoms with Gasteiger partial charge in [0.05, 0.1) is 25.9 Å². The van der Waals surface area contributed by atoms with Gasteiger partial charge in [0.2, 0.25) is 5.91 Å².